The van der Waals surface area contributed by atoms with Gasteiger partial charge in [0.05, 0.1) is 6.10 Å². The van der Waals surface area contributed by atoms with Crippen LogP contribution in [0.25, 0.3) is 0 Å². The number of hydrogen-bond acceptors (Lipinski definition) is 3. The van der Waals surface area contributed by atoms with Gasteiger partial charge in [-0.15, -0.1) is 0 Å². The molecule has 2 atom stereocenters. The standard InChI is InChI=1S/C15H22N2O2/c1-3-4-15(19)17-10(2)7-12-8-11(14(18)9-16)5-6-13(12)17/h5-6,8,10,14,18H,3-4,7,9,16H2,1-2H3. The quantitative estimate of drug-likeness (QED) is 0.869. The molecule has 1 amide bonds. The molecule has 19 heavy (non-hydrogen) atoms. The molecule has 0 saturated carbocycles. The van der Waals surface area contributed by atoms with Crippen LogP contribution in [0, 0.1) is 0 Å². The Kier molecular flexibility index (Phi) is 4.22. The Bertz CT molecular complexity index is 473. The van der Waals surface area contributed by atoms with Gasteiger partial charge in [-0.25, -0.2) is 0 Å². The van der Waals surface area contributed by atoms with Crippen molar-refractivity contribution in [3.63, 3.8) is 0 Å². The van der Waals surface area contributed by atoms with E-state index in [1.807, 2.05) is 30.0 Å². The van der Waals surface area contributed by atoms with Gasteiger partial charge >= 0.3 is 0 Å². The lowest BCUT2D eigenvalue weighted by Gasteiger charge is -2.22. The van der Waals surface area contributed by atoms with Crippen molar-refractivity contribution in [2.45, 2.75) is 45.3 Å². The number of carbonyl (C=O) groups excluding carboxylic acids is 1. The Morgan fingerprint density at radius 1 is 1.58 bits per heavy atom. The lowest BCUT2D eigenvalue weighted by Crippen LogP contribution is -2.35. The first-order valence-electron chi connectivity index (χ1n) is 6.91. The van der Waals surface area contributed by atoms with E-state index in [0.717, 1.165) is 29.7 Å². The number of rotatable bonds is 4. The molecule has 1 aliphatic heterocycles. The monoisotopic (exact) mass is 262 g/mol. The number of anilines is 1. The molecule has 0 aromatic heterocycles. The van der Waals surface area contributed by atoms with E-state index in [4.69, 9.17) is 5.73 Å². The largest absolute Gasteiger partial charge is 0.387 e. The molecule has 4 heteroatoms. The van der Waals surface area contributed by atoms with Gasteiger partial charge in [-0.1, -0.05) is 19.1 Å². The van der Waals surface area contributed by atoms with Crippen LogP contribution in [-0.2, 0) is 11.2 Å². The van der Waals surface area contributed by atoms with Crippen molar-refractivity contribution in [3.8, 4) is 0 Å². The Balaban J connectivity index is 2.30. The summed E-state index contributed by atoms with van der Waals surface area (Å²) < 4.78 is 0. The maximum atomic E-state index is 12.1. The second kappa shape index (κ2) is 5.72. The molecule has 1 heterocycles. The molecule has 2 rings (SSSR count). The first-order chi connectivity index (χ1) is 9.08. The molecular formula is C15H22N2O2. The summed E-state index contributed by atoms with van der Waals surface area (Å²) in [6.45, 7) is 4.29. The van der Waals surface area contributed by atoms with Crippen LogP contribution in [0.5, 0.6) is 0 Å². The number of nitrogens with zero attached hydrogens (tertiary/aromatic N) is 1. The first-order valence-corrected chi connectivity index (χ1v) is 6.91. The Morgan fingerprint density at radius 2 is 2.32 bits per heavy atom. The van der Waals surface area contributed by atoms with Crippen LogP contribution in [0.15, 0.2) is 18.2 Å². The third-order valence-electron chi connectivity index (χ3n) is 3.66. The van der Waals surface area contributed by atoms with Crippen molar-refractivity contribution < 1.29 is 9.90 Å². The molecule has 3 N–H and O–H groups in total. The van der Waals surface area contributed by atoms with Gasteiger partial charge in [0.15, 0.2) is 0 Å². The van der Waals surface area contributed by atoms with E-state index < -0.39 is 6.10 Å². The van der Waals surface area contributed by atoms with Crippen LogP contribution < -0.4 is 10.6 Å². The topological polar surface area (TPSA) is 66.6 Å². The fourth-order valence-corrected chi connectivity index (χ4v) is 2.71. The van der Waals surface area contributed by atoms with Crippen LogP contribution in [0.2, 0.25) is 0 Å². The first kappa shape index (κ1) is 14.0. The van der Waals surface area contributed by atoms with Crippen LogP contribution in [0.1, 0.15) is 43.9 Å². The van der Waals surface area contributed by atoms with E-state index in [9.17, 15) is 9.90 Å². The summed E-state index contributed by atoms with van der Waals surface area (Å²) in [7, 11) is 0. The minimum Gasteiger partial charge on any atom is -0.387 e. The molecule has 0 saturated heterocycles. The number of carbonyl (C=O) groups is 1. The maximum absolute atomic E-state index is 12.1. The average Bonchev–Trinajstić information content (AvgIpc) is 2.72. The molecule has 0 radical (unpaired) electrons. The Labute approximate surface area is 114 Å². The molecule has 1 aromatic rings. The van der Waals surface area contributed by atoms with Gasteiger partial charge in [0, 0.05) is 24.7 Å². The number of fused-ring (bicyclic) bond motifs is 1. The smallest absolute Gasteiger partial charge is 0.227 e. The number of nitrogens with two attached hydrogens (primary N) is 1. The highest BCUT2D eigenvalue weighted by molar-refractivity contribution is 5.96. The second-order valence-corrected chi connectivity index (χ2v) is 5.21. The molecule has 1 aromatic carbocycles. The van der Waals surface area contributed by atoms with Crippen molar-refractivity contribution in [2.24, 2.45) is 5.73 Å². The summed E-state index contributed by atoms with van der Waals surface area (Å²) >= 11 is 0. The van der Waals surface area contributed by atoms with Crippen molar-refractivity contribution in [1.29, 1.82) is 0 Å². The summed E-state index contributed by atoms with van der Waals surface area (Å²) in [6.07, 6.45) is 1.66. The van der Waals surface area contributed by atoms with Gasteiger partial charge in [-0.3, -0.25) is 4.79 Å². The minimum absolute atomic E-state index is 0.181. The summed E-state index contributed by atoms with van der Waals surface area (Å²) in [5, 5.41) is 9.78. The normalized spacial score (nSPS) is 19.4. The van der Waals surface area contributed by atoms with Gasteiger partial charge in [-0.2, -0.15) is 0 Å². The maximum Gasteiger partial charge on any atom is 0.227 e. The van der Waals surface area contributed by atoms with E-state index >= 15 is 0 Å². The van der Waals surface area contributed by atoms with E-state index in [2.05, 4.69) is 6.92 Å². The molecular weight excluding hydrogens is 240 g/mol. The van der Waals surface area contributed by atoms with Crippen molar-refractivity contribution in [2.75, 3.05) is 11.4 Å². The molecule has 1 aliphatic rings. The van der Waals surface area contributed by atoms with Crippen molar-refractivity contribution >= 4 is 11.6 Å². The van der Waals surface area contributed by atoms with E-state index in [-0.39, 0.29) is 18.5 Å². The molecule has 4 nitrogen and oxygen atoms in total. The van der Waals surface area contributed by atoms with Crippen molar-refractivity contribution in [3.05, 3.63) is 29.3 Å². The SMILES string of the molecule is CCCC(=O)N1c2ccc(C(O)CN)cc2CC1C. The summed E-state index contributed by atoms with van der Waals surface area (Å²) in [4.78, 5) is 14.0. The summed E-state index contributed by atoms with van der Waals surface area (Å²) in [6, 6.07) is 5.96. The lowest BCUT2D eigenvalue weighted by molar-refractivity contribution is -0.118. The lowest BCUT2D eigenvalue weighted by atomic mass is 10.0. The average molecular weight is 262 g/mol. The molecule has 0 fully saturated rings. The summed E-state index contributed by atoms with van der Waals surface area (Å²) in [5.74, 6) is 0.181. The molecule has 0 spiro atoms. The highest BCUT2D eigenvalue weighted by Gasteiger charge is 2.30. The zero-order chi connectivity index (χ0) is 14.0. The summed E-state index contributed by atoms with van der Waals surface area (Å²) in [5.41, 5.74) is 8.42. The van der Waals surface area contributed by atoms with E-state index in [0.29, 0.717) is 6.42 Å². The fraction of sp³-hybridized carbons (Fsp3) is 0.533. The molecule has 0 aliphatic carbocycles. The Hall–Kier alpha value is -1.39. The number of aliphatic hydroxyl groups is 1. The predicted octanol–water partition coefficient (Wildman–Crippen LogP) is 1.76. The third-order valence-corrected chi connectivity index (χ3v) is 3.66. The predicted molar refractivity (Wildman–Crippen MR) is 76.0 cm³/mol. The van der Waals surface area contributed by atoms with Crippen LogP contribution in [0.4, 0.5) is 5.69 Å². The highest BCUT2D eigenvalue weighted by atomic mass is 16.3. The van der Waals surface area contributed by atoms with Crippen LogP contribution in [-0.4, -0.2) is 23.6 Å². The molecule has 0 bridgehead atoms. The van der Waals surface area contributed by atoms with Crippen LogP contribution in [0.3, 0.4) is 0 Å². The highest BCUT2D eigenvalue weighted by Crippen LogP contribution is 2.34. The minimum atomic E-state index is -0.624. The zero-order valence-corrected chi connectivity index (χ0v) is 11.6. The van der Waals surface area contributed by atoms with Crippen LogP contribution >= 0.6 is 0 Å². The number of amides is 1. The number of aliphatic hydroxyl groups excluding tert-OH is 1. The van der Waals surface area contributed by atoms with Gasteiger partial charge in [0.2, 0.25) is 5.91 Å². The number of hydrogen-bond donors (Lipinski definition) is 2. The molecule has 104 valence electrons. The fourth-order valence-electron chi connectivity index (χ4n) is 2.71. The molecule has 2 unspecified atom stereocenters. The van der Waals surface area contributed by atoms with Gasteiger partial charge in [0.1, 0.15) is 0 Å². The van der Waals surface area contributed by atoms with Crippen molar-refractivity contribution in [1.82, 2.24) is 0 Å². The van der Waals surface area contributed by atoms with Gasteiger partial charge in [0.25, 0.3) is 0 Å². The second-order valence-electron chi connectivity index (χ2n) is 5.21. The Morgan fingerprint density at radius 3 is 2.95 bits per heavy atom. The number of benzene rings is 1. The van der Waals surface area contributed by atoms with Gasteiger partial charge in [-0.05, 0) is 37.0 Å². The van der Waals surface area contributed by atoms with E-state index in [1.54, 1.807) is 0 Å². The zero-order valence-electron chi connectivity index (χ0n) is 11.6. The third kappa shape index (κ3) is 2.65. The van der Waals surface area contributed by atoms with Gasteiger partial charge < -0.3 is 15.7 Å². The van der Waals surface area contributed by atoms with E-state index in [1.165, 1.54) is 0 Å².